The van der Waals surface area contributed by atoms with Gasteiger partial charge in [0.15, 0.2) is 5.11 Å². The molecule has 0 aliphatic heterocycles. The van der Waals surface area contributed by atoms with Crippen molar-refractivity contribution < 1.29 is 9.53 Å². The molecular weight excluding hydrogens is 308 g/mol. The number of esters is 1. The molecule has 116 valence electrons. The number of benzene rings is 1. The second-order valence-electron chi connectivity index (χ2n) is 4.70. The van der Waals surface area contributed by atoms with Crippen LogP contribution in [0.4, 0.5) is 5.69 Å². The Morgan fingerprint density at radius 1 is 1.43 bits per heavy atom. The molecule has 1 atom stereocenters. The number of carbonyl (C=O) groups is 1. The number of anilines is 1. The maximum absolute atomic E-state index is 11.8. The fraction of sp³-hybridized carbons (Fsp3) is 0.467. The van der Waals surface area contributed by atoms with Crippen molar-refractivity contribution in [3.8, 4) is 0 Å². The van der Waals surface area contributed by atoms with Gasteiger partial charge in [0.05, 0.1) is 17.2 Å². The molecule has 1 rings (SSSR count). The highest BCUT2D eigenvalue weighted by molar-refractivity contribution is 7.80. The fourth-order valence-corrected chi connectivity index (χ4v) is 2.38. The van der Waals surface area contributed by atoms with E-state index in [1.807, 2.05) is 0 Å². The molecule has 0 aromatic heterocycles. The molecule has 0 radical (unpaired) electrons. The number of nitrogens with one attached hydrogen (secondary N) is 2. The lowest BCUT2D eigenvalue weighted by Gasteiger charge is -2.16. The largest absolute Gasteiger partial charge is 0.462 e. The van der Waals surface area contributed by atoms with Crippen LogP contribution in [-0.2, 0) is 4.74 Å². The van der Waals surface area contributed by atoms with E-state index in [4.69, 9.17) is 28.6 Å². The monoisotopic (exact) mass is 328 g/mol. The predicted octanol–water partition coefficient (Wildman–Crippen LogP) is 3.99. The zero-order valence-corrected chi connectivity index (χ0v) is 14.1. The van der Waals surface area contributed by atoms with E-state index in [0.717, 1.165) is 12.8 Å². The number of thiocarbonyl (C=S) groups is 1. The highest BCUT2D eigenvalue weighted by Gasteiger charge is 2.13. The molecule has 0 amide bonds. The van der Waals surface area contributed by atoms with Crippen molar-refractivity contribution in [3.05, 3.63) is 28.8 Å². The van der Waals surface area contributed by atoms with Crippen LogP contribution in [0, 0.1) is 0 Å². The Morgan fingerprint density at radius 2 is 2.14 bits per heavy atom. The van der Waals surface area contributed by atoms with Crippen molar-refractivity contribution in [2.24, 2.45) is 0 Å². The Hall–Kier alpha value is -1.33. The Morgan fingerprint density at radius 3 is 2.76 bits per heavy atom. The van der Waals surface area contributed by atoms with Gasteiger partial charge < -0.3 is 15.4 Å². The third-order valence-electron chi connectivity index (χ3n) is 2.82. The first kappa shape index (κ1) is 17.7. The SMILES string of the molecule is CCC[C@@H](C)NC(=S)Nc1ccc(Cl)c(C(=O)OCC)c1. The van der Waals surface area contributed by atoms with Gasteiger partial charge in [0.1, 0.15) is 0 Å². The summed E-state index contributed by atoms with van der Waals surface area (Å²) in [7, 11) is 0. The van der Waals surface area contributed by atoms with Crippen LogP contribution >= 0.6 is 23.8 Å². The lowest BCUT2D eigenvalue weighted by atomic mass is 10.2. The van der Waals surface area contributed by atoms with E-state index in [9.17, 15) is 4.79 Å². The second kappa shape index (κ2) is 8.85. The predicted molar refractivity (Wildman–Crippen MR) is 91.1 cm³/mol. The molecule has 6 heteroatoms. The normalized spacial score (nSPS) is 11.6. The van der Waals surface area contributed by atoms with Crippen molar-refractivity contribution in [2.45, 2.75) is 39.7 Å². The minimum absolute atomic E-state index is 0.298. The molecule has 4 nitrogen and oxygen atoms in total. The Balaban J connectivity index is 2.74. The fourth-order valence-electron chi connectivity index (χ4n) is 1.86. The van der Waals surface area contributed by atoms with E-state index in [2.05, 4.69) is 24.5 Å². The van der Waals surface area contributed by atoms with Crippen molar-refractivity contribution in [2.75, 3.05) is 11.9 Å². The van der Waals surface area contributed by atoms with Crippen molar-refractivity contribution in [1.82, 2.24) is 5.32 Å². The smallest absolute Gasteiger partial charge is 0.339 e. The quantitative estimate of drug-likeness (QED) is 0.611. The first-order valence-corrected chi connectivity index (χ1v) is 7.80. The topological polar surface area (TPSA) is 50.4 Å². The summed E-state index contributed by atoms with van der Waals surface area (Å²) in [5.41, 5.74) is 1.02. The highest BCUT2D eigenvalue weighted by Crippen LogP contribution is 2.21. The highest BCUT2D eigenvalue weighted by atomic mass is 35.5. The number of ether oxygens (including phenoxy) is 1. The van der Waals surface area contributed by atoms with Crippen LogP contribution in [0.25, 0.3) is 0 Å². The third kappa shape index (κ3) is 5.89. The zero-order valence-electron chi connectivity index (χ0n) is 12.5. The Labute approximate surface area is 136 Å². The van der Waals surface area contributed by atoms with Gasteiger partial charge in [0.2, 0.25) is 0 Å². The number of carbonyl (C=O) groups excluding carboxylic acids is 1. The third-order valence-corrected chi connectivity index (χ3v) is 3.37. The molecule has 0 fully saturated rings. The molecule has 0 saturated carbocycles. The molecule has 0 heterocycles. The number of halogens is 1. The molecule has 0 spiro atoms. The van der Waals surface area contributed by atoms with E-state index in [0.29, 0.717) is 34.0 Å². The number of hydrogen-bond acceptors (Lipinski definition) is 3. The molecule has 1 aromatic rings. The maximum Gasteiger partial charge on any atom is 0.339 e. The van der Waals surface area contributed by atoms with Gasteiger partial charge in [-0.2, -0.15) is 0 Å². The molecule has 21 heavy (non-hydrogen) atoms. The summed E-state index contributed by atoms with van der Waals surface area (Å²) in [6, 6.07) is 5.35. The molecule has 0 saturated heterocycles. The lowest BCUT2D eigenvalue weighted by Crippen LogP contribution is -2.35. The summed E-state index contributed by atoms with van der Waals surface area (Å²) in [5.74, 6) is -0.440. The van der Waals surface area contributed by atoms with Gasteiger partial charge in [-0.3, -0.25) is 0 Å². The van der Waals surface area contributed by atoms with Crippen LogP contribution in [0.3, 0.4) is 0 Å². The average Bonchev–Trinajstić information content (AvgIpc) is 2.41. The summed E-state index contributed by atoms with van der Waals surface area (Å²) in [4.78, 5) is 11.8. The Bertz CT molecular complexity index is 508. The molecule has 0 bridgehead atoms. The number of hydrogen-bond donors (Lipinski definition) is 2. The van der Waals surface area contributed by atoms with Gasteiger partial charge in [0, 0.05) is 11.7 Å². The van der Waals surface area contributed by atoms with Crippen LogP contribution in [0.2, 0.25) is 5.02 Å². The van der Waals surface area contributed by atoms with Crippen molar-refractivity contribution in [1.29, 1.82) is 0 Å². The first-order valence-electron chi connectivity index (χ1n) is 7.02. The van der Waals surface area contributed by atoms with E-state index >= 15 is 0 Å². The van der Waals surface area contributed by atoms with Gasteiger partial charge in [-0.1, -0.05) is 24.9 Å². The summed E-state index contributed by atoms with van der Waals surface area (Å²) >= 11 is 11.3. The molecule has 0 unspecified atom stereocenters. The molecule has 2 N–H and O–H groups in total. The standard InChI is InChI=1S/C15H21ClN2O2S/c1-4-6-10(3)17-15(21)18-11-7-8-13(16)12(9-11)14(19)20-5-2/h7-10H,4-6H2,1-3H3,(H2,17,18,21)/t10-/m1/s1. The van der Waals surface area contributed by atoms with Gasteiger partial charge >= 0.3 is 5.97 Å². The van der Waals surface area contributed by atoms with Gasteiger partial charge in [0.25, 0.3) is 0 Å². The molecule has 0 aliphatic rings. The minimum Gasteiger partial charge on any atom is -0.462 e. The van der Waals surface area contributed by atoms with Gasteiger partial charge in [-0.15, -0.1) is 0 Å². The van der Waals surface area contributed by atoms with Crippen LogP contribution in [-0.4, -0.2) is 23.7 Å². The summed E-state index contributed by atoms with van der Waals surface area (Å²) in [5, 5.41) is 7.12. The summed E-state index contributed by atoms with van der Waals surface area (Å²) < 4.78 is 4.97. The minimum atomic E-state index is -0.440. The summed E-state index contributed by atoms with van der Waals surface area (Å²) in [6.45, 7) is 6.26. The number of rotatable bonds is 6. The van der Waals surface area contributed by atoms with Crippen LogP contribution in [0.5, 0.6) is 0 Å². The Kier molecular flexibility index (Phi) is 7.47. The summed E-state index contributed by atoms with van der Waals surface area (Å²) in [6.07, 6.45) is 2.13. The second-order valence-corrected chi connectivity index (χ2v) is 5.52. The van der Waals surface area contributed by atoms with E-state index in [-0.39, 0.29) is 0 Å². The van der Waals surface area contributed by atoms with Crippen LogP contribution in [0.1, 0.15) is 44.0 Å². The van der Waals surface area contributed by atoms with Crippen LogP contribution < -0.4 is 10.6 Å². The molecule has 1 aromatic carbocycles. The van der Waals surface area contributed by atoms with E-state index in [1.165, 1.54) is 0 Å². The lowest BCUT2D eigenvalue weighted by molar-refractivity contribution is 0.0526. The molecule has 0 aliphatic carbocycles. The molecular formula is C15H21ClN2O2S. The van der Waals surface area contributed by atoms with E-state index in [1.54, 1.807) is 25.1 Å². The average molecular weight is 329 g/mol. The van der Waals surface area contributed by atoms with Crippen LogP contribution in [0.15, 0.2) is 18.2 Å². The van der Waals surface area contributed by atoms with Gasteiger partial charge in [-0.05, 0) is 50.7 Å². The van der Waals surface area contributed by atoms with E-state index < -0.39 is 5.97 Å². The van der Waals surface area contributed by atoms with Gasteiger partial charge in [-0.25, -0.2) is 4.79 Å². The van der Waals surface area contributed by atoms with Crippen molar-refractivity contribution >= 4 is 40.6 Å². The van der Waals surface area contributed by atoms with Crippen molar-refractivity contribution in [3.63, 3.8) is 0 Å². The first-order chi connectivity index (χ1) is 9.97. The maximum atomic E-state index is 11.8. The zero-order chi connectivity index (χ0) is 15.8.